The molecule has 1 saturated heterocycles. The summed E-state index contributed by atoms with van der Waals surface area (Å²) in [6.45, 7) is 1.37. The highest BCUT2D eigenvalue weighted by molar-refractivity contribution is 5.69. The molecule has 1 aromatic rings. The highest BCUT2D eigenvalue weighted by atomic mass is 19.4. The Hall–Kier alpha value is -1.96. The SMILES string of the molecule is COC(=O)N(C[C@H]1CCCN1)C1(c2cccc(OC(F)(F)F)c2)CCC1. The fraction of sp³-hybridized carbons (Fsp3) is 0.611. The van der Waals surface area contributed by atoms with Gasteiger partial charge in [0.15, 0.2) is 0 Å². The van der Waals surface area contributed by atoms with Crippen LogP contribution in [-0.2, 0) is 10.3 Å². The second kappa shape index (κ2) is 7.34. The van der Waals surface area contributed by atoms with Crippen molar-refractivity contribution in [2.75, 3.05) is 20.2 Å². The Labute approximate surface area is 150 Å². The maximum atomic E-state index is 12.6. The van der Waals surface area contributed by atoms with Gasteiger partial charge in [0.25, 0.3) is 0 Å². The average molecular weight is 372 g/mol. The first-order valence-electron chi connectivity index (χ1n) is 8.79. The maximum absolute atomic E-state index is 12.6. The standard InChI is InChI=1S/C18H23F3N2O3/c1-25-16(24)23(12-14-6-3-10-22-14)17(8-4-9-17)13-5-2-7-15(11-13)26-18(19,20)21/h2,5,7,11,14,22H,3-4,6,8-10,12H2,1H3/t14-/m1/s1. The Morgan fingerprint density at radius 2 is 2.12 bits per heavy atom. The molecule has 8 heteroatoms. The summed E-state index contributed by atoms with van der Waals surface area (Å²) in [7, 11) is 1.33. The molecule has 0 bridgehead atoms. The van der Waals surface area contributed by atoms with E-state index >= 15 is 0 Å². The number of halogens is 3. The van der Waals surface area contributed by atoms with E-state index in [1.54, 1.807) is 11.0 Å². The molecule has 26 heavy (non-hydrogen) atoms. The molecule has 144 valence electrons. The van der Waals surface area contributed by atoms with Gasteiger partial charge >= 0.3 is 12.5 Å². The van der Waals surface area contributed by atoms with Gasteiger partial charge in [-0.1, -0.05) is 12.1 Å². The lowest BCUT2D eigenvalue weighted by molar-refractivity contribution is -0.274. The van der Waals surface area contributed by atoms with Crippen LogP contribution in [-0.4, -0.2) is 43.6 Å². The predicted molar refractivity (Wildman–Crippen MR) is 88.8 cm³/mol. The third-order valence-corrected chi connectivity index (χ3v) is 5.26. The van der Waals surface area contributed by atoms with Crippen molar-refractivity contribution in [3.05, 3.63) is 29.8 Å². The van der Waals surface area contributed by atoms with Gasteiger partial charge in [-0.2, -0.15) is 0 Å². The molecule has 1 atom stereocenters. The normalized spacial score (nSPS) is 21.8. The van der Waals surface area contributed by atoms with E-state index in [0.717, 1.165) is 25.8 Å². The molecule has 1 amide bonds. The van der Waals surface area contributed by atoms with Crippen molar-refractivity contribution in [3.63, 3.8) is 0 Å². The highest BCUT2D eigenvalue weighted by Crippen LogP contribution is 2.48. The minimum atomic E-state index is -4.75. The zero-order chi connectivity index (χ0) is 18.8. The number of benzene rings is 1. The van der Waals surface area contributed by atoms with E-state index in [9.17, 15) is 18.0 Å². The number of hydrogen-bond donors (Lipinski definition) is 1. The van der Waals surface area contributed by atoms with Crippen molar-refractivity contribution in [2.45, 2.75) is 50.0 Å². The van der Waals surface area contributed by atoms with Gasteiger partial charge in [-0.3, -0.25) is 4.90 Å². The quantitative estimate of drug-likeness (QED) is 0.855. The van der Waals surface area contributed by atoms with Gasteiger partial charge in [-0.15, -0.1) is 13.2 Å². The maximum Gasteiger partial charge on any atom is 0.573 e. The van der Waals surface area contributed by atoms with Gasteiger partial charge in [0.05, 0.1) is 12.6 Å². The summed E-state index contributed by atoms with van der Waals surface area (Å²) < 4.78 is 46.7. The molecular weight excluding hydrogens is 349 g/mol. The Balaban J connectivity index is 1.90. The average Bonchev–Trinajstić information content (AvgIpc) is 3.04. The number of hydrogen-bond acceptors (Lipinski definition) is 4. The Morgan fingerprint density at radius 3 is 2.65 bits per heavy atom. The lowest BCUT2D eigenvalue weighted by Crippen LogP contribution is -2.57. The summed E-state index contributed by atoms with van der Waals surface area (Å²) in [5.74, 6) is -0.273. The van der Waals surface area contributed by atoms with Gasteiger partial charge in [0, 0.05) is 12.6 Å². The van der Waals surface area contributed by atoms with Crippen LogP contribution in [0.4, 0.5) is 18.0 Å². The van der Waals surface area contributed by atoms with E-state index in [0.29, 0.717) is 24.9 Å². The number of carbonyl (C=O) groups excluding carboxylic acids is 1. The molecule has 2 aliphatic rings. The first-order valence-corrected chi connectivity index (χ1v) is 8.79. The summed E-state index contributed by atoms with van der Waals surface area (Å²) in [6.07, 6.45) is -0.936. The second-order valence-corrected chi connectivity index (χ2v) is 6.83. The van der Waals surface area contributed by atoms with Crippen LogP contribution >= 0.6 is 0 Å². The number of carbonyl (C=O) groups is 1. The van der Waals surface area contributed by atoms with E-state index in [1.165, 1.54) is 25.3 Å². The largest absolute Gasteiger partial charge is 0.573 e. The first kappa shape index (κ1) is 18.8. The zero-order valence-electron chi connectivity index (χ0n) is 14.6. The van der Waals surface area contributed by atoms with Crippen molar-refractivity contribution in [1.29, 1.82) is 0 Å². The molecule has 0 radical (unpaired) electrons. The summed E-state index contributed by atoms with van der Waals surface area (Å²) in [4.78, 5) is 14.2. The Bertz CT molecular complexity index is 641. The molecule has 0 spiro atoms. The highest BCUT2D eigenvalue weighted by Gasteiger charge is 2.48. The van der Waals surface area contributed by atoms with Gasteiger partial charge < -0.3 is 14.8 Å². The fourth-order valence-electron chi connectivity index (χ4n) is 3.88. The molecular formula is C18H23F3N2O3. The molecule has 0 unspecified atom stereocenters. The minimum absolute atomic E-state index is 0.168. The molecule has 1 N–H and O–H groups in total. The van der Waals surface area contributed by atoms with E-state index < -0.39 is 18.0 Å². The number of methoxy groups -OCH3 is 1. The Kier molecular flexibility index (Phi) is 5.32. The number of amides is 1. The molecule has 1 aliphatic carbocycles. The predicted octanol–water partition coefficient (Wildman–Crippen LogP) is 3.78. The van der Waals surface area contributed by atoms with Gasteiger partial charge in [0.2, 0.25) is 0 Å². The molecule has 2 fully saturated rings. The number of rotatable bonds is 5. The number of alkyl halides is 3. The first-order chi connectivity index (χ1) is 12.3. The molecule has 5 nitrogen and oxygen atoms in total. The van der Waals surface area contributed by atoms with E-state index in [4.69, 9.17) is 4.74 Å². The van der Waals surface area contributed by atoms with E-state index in [1.807, 2.05) is 0 Å². The number of ether oxygens (including phenoxy) is 2. The zero-order valence-corrected chi connectivity index (χ0v) is 14.6. The monoisotopic (exact) mass is 372 g/mol. The van der Waals surface area contributed by atoms with Crippen molar-refractivity contribution < 1.29 is 27.4 Å². The third-order valence-electron chi connectivity index (χ3n) is 5.26. The van der Waals surface area contributed by atoms with Crippen LogP contribution in [0.15, 0.2) is 24.3 Å². The topological polar surface area (TPSA) is 50.8 Å². The van der Waals surface area contributed by atoms with Gasteiger partial charge in [0.1, 0.15) is 5.75 Å². The van der Waals surface area contributed by atoms with Crippen molar-refractivity contribution in [3.8, 4) is 5.75 Å². The summed E-state index contributed by atoms with van der Waals surface area (Å²) in [5.41, 5.74) is -0.00334. The molecule has 3 rings (SSSR count). The van der Waals surface area contributed by atoms with E-state index in [-0.39, 0.29) is 11.8 Å². The second-order valence-electron chi connectivity index (χ2n) is 6.83. The van der Waals surface area contributed by atoms with Crippen molar-refractivity contribution in [1.82, 2.24) is 10.2 Å². The van der Waals surface area contributed by atoms with Crippen LogP contribution < -0.4 is 10.1 Å². The van der Waals surface area contributed by atoms with Crippen LogP contribution in [0.1, 0.15) is 37.7 Å². The van der Waals surface area contributed by atoms with E-state index in [2.05, 4.69) is 10.1 Å². The van der Waals surface area contributed by atoms with Crippen molar-refractivity contribution >= 4 is 6.09 Å². The summed E-state index contributed by atoms with van der Waals surface area (Å²) >= 11 is 0. The molecule has 0 aromatic heterocycles. The van der Waals surface area contributed by atoms with Crippen LogP contribution in [0.3, 0.4) is 0 Å². The smallest absolute Gasteiger partial charge is 0.453 e. The third kappa shape index (κ3) is 3.90. The molecule has 1 aromatic carbocycles. The van der Waals surface area contributed by atoms with Crippen LogP contribution in [0.25, 0.3) is 0 Å². The Morgan fingerprint density at radius 1 is 1.35 bits per heavy atom. The lowest BCUT2D eigenvalue weighted by atomic mass is 9.70. The summed E-state index contributed by atoms with van der Waals surface area (Å²) in [6, 6.07) is 6.09. The lowest BCUT2D eigenvalue weighted by Gasteiger charge is -2.50. The molecule has 1 aliphatic heterocycles. The van der Waals surface area contributed by atoms with Crippen LogP contribution in [0.5, 0.6) is 5.75 Å². The fourth-order valence-corrected chi connectivity index (χ4v) is 3.88. The van der Waals surface area contributed by atoms with Crippen LogP contribution in [0.2, 0.25) is 0 Å². The van der Waals surface area contributed by atoms with Gasteiger partial charge in [-0.25, -0.2) is 4.79 Å². The summed E-state index contributed by atoms with van der Waals surface area (Å²) in [5, 5.41) is 3.36. The number of nitrogens with zero attached hydrogens (tertiary/aromatic N) is 1. The number of nitrogens with one attached hydrogen (secondary N) is 1. The molecule has 1 saturated carbocycles. The molecule has 1 heterocycles. The van der Waals surface area contributed by atoms with Crippen molar-refractivity contribution in [2.24, 2.45) is 0 Å². The van der Waals surface area contributed by atoms with Gasteiger partial charge in [-0.05, 0) is 56.3 Å². The minimum Gasteiger partial charge on any atom is -0.453 e. The van der Waals surface area contributed by atoms with Crippen LogP contribution in [0, 0.1) is 0 Å².